The summed E-state index contributed by atoms with van der Waals surface area (Å²) in [7, 11) is -3.46. The van der Waals surface area contributed by atoms with Gasteiger partial charge in [0.05, 0.1) is 44.1 Å². The molecule has 0 saturated carbocycles. The van der Waals surface area contributed by atoms with Crippen molar-refractivity contribution in [3.63, 3.8) is 0 Å². The molecule has 1 unspecified atom stereocenters. The number of carbonyl (C=O) groups excluding carboxylic acids is 2. The molecule has 0 N–H and O–H groups in total. The van der Waals surface area contributed by atoms with Gasteiger partial charge in [0.1, 0.15) is 37.4 Å². The molecule has 2 amide bonds. The van der Waals surface area contributed by atoms with Crippen molar-refractivity contribution in [3.05, 3.63) is 83.3 Å². The van der Waals surface area contributed by atoms with E-state index in [1.165, 1.54) is 22.4 Å². The highest BCUT2D eigenvalue weighted by Gasteiger charge is 2.40. The van der Waals surface area contributed by atoms with Crippen molar-refractivity contribution in [3.8, 4) is 0 Å². The summed E-state index contributed by atoms with van der Waals surface area (Å²) in [4.78, 5) is 40.5. The minimum atomic E-state index is -3.46. The van der Waals surface area contributed by atoms with Gasteiger partial charge in [-0.05, 0) is 31.5 Å². The van der Waals surface area contributed by atoms with Crippen LogP contribution in [0.1, 0.15) is 45.8 Å². The molecule has 0 spiro atoms. The summed E-state index contributed by atoms with van der Waals surface area (Å²) >= 11 is 0. The molecule has 0 saturated heterocycles. The van der Waals surface area contributed by atoms with Crippen LogP contribution in [0.4, 0.5) is 5.82 Å². The molecule has 2 aromatic carbocycles. The number of hydrogen-bond donors (Lipinski definition) is 0. The quantitative estimate of drug-likeness (QED) is 0.188. The Balaban J connectivity index is 1.23. The monoisotopic (exact) mass is 597 g/mol. The van der Waals surface area contributed by atoms with Crippen molar-refractivity contribution >= 4 is 31.6 Å². The average Bonchev–Trinajstić information content (AvgIpc) is 3.52. The summed E-state index contributed by atoms with van der Waals surface area (Å²) in [6.45, 7) is 4.52. The van der Waals surface area contributed by atoms with Gasteiger partial charge in [-0.25, -0.2) is 9.98 Å². The number of aromatic nitrogens is 2. The first-order valence-electron chi connectivity index (χ1n) is 13.5. The van der Waals surface area contributed by atoms with E-state index in [9.17, 15) is 14.2 Å². The lowest BCUT2D eigenvalue weighted by atomic mass is 10.1. The van der Waals surface area contributed by atoms with E-state index in [0.29, 0.717) is 29.2 Å². The maximum atomic E-state index is 13.0. The predicted octanol–water partition coefficient (Wildman–Crippen LogP) is 3.82. The van der Waals surface area contributed by atoms with Crippen LogP contribution in [0.2, 0.25) is 0 Å². The van der Waals surface area contributed by atoms with Gasteiger partial charge in [-0.3, -0.25) is 19.2 Å². The maximum absolute atomic E-state index is 13.0. The Hall–Kier alpha value is -3.87. The van der Waals surface area contributed by atoms with Crippen molar-refractivity contribution in [1.82, 2.24) is 19.7 Å². The van der Waals surface area contributed by atoms with Crippen LogP contribution in [0.5, 0.6) is 0 Å². The van der Waals surface area contributed by atoms with E-state index in [-0.39, 0.29) is 39.3 Å². The fourth-order valence-corrected chi connectivity index (χ4v) is 5.84. The minimum absolute atomic E-state index is 0.00742. The van der Waals surface area contributed by atoms with Crippen molar-refractivity contribution in [2.24, 2.45) is 4.99 Å². The third-order valence-corrected chi connectivity index (χ3v) is 8.14. The number of imidazole rings is 1. The van der Waals surface area contributed by atoms with Gasteiger partial charge < -0.3 is 23.4 Å². The van der Waals surface area contributed by atoms with Gasteiger partial charge in [-0.1, -0.05) is 42.5 Å². The topological polar surface area (TPSA) is 134 Å². The number of hydrogen-bond acceptors (Lipinski definition) is 11. The van der Waals surface area contributed by atoms with Crippen LogP contribution < -0.4 is 4.84 Å². The van der Waals surface area contributed by atoms with Gasteiger partial charge in [-0.15, -0.1) is 0 Å². The first kappa shape index (κ1) is 29.6. The Labute approximate surface area is 243 Å². The zero-order valence-corrected chi connectivity index (χ0v) is 24.2. The number of aliphatic imine (C=N–C) groups is 1. The summed E-state index contributed by atoms with van der Waals surface area (Å²) in [6, 6.07) is 16.3. The summed E-state index contributed by atoms with van der Waals surface area (Å²) < 4.78 is 36.8. The second kappa shape index (κ2) is 13.4. The van der Waals surface area contributed by atoms with Crippen LogP contribution in [0.3, 0.4) is 0 Å². The molecule has 3 aromatic rings. The van der Waals surface area contributed by atoms with E-state index in [4.69, 9.17) is 23.4 Å². The number of fused-ring (bicyclic) bond motifs is 2. The van der Waals surface area contributed by atoms with Crippen LogP contribution in [-0.4, -0.2) is 76.8 Å². The number of ether oxygens (including phenoxy) is 2. The Bertz CT molecular complexity index is 1430. The summed E-state index contributed by atoms with van der Waals surface area (Å²) in [6.07, 6.45) is 1.93. The molecule has 1 aromatic heterocycles. The number of hydrazine groups is 1. The molecular weight excluding hydrogens is 565 g/mol. The van der Waals surface area contributed by atoms with E-state index in [0.717, 1.165) is 10.6 Å². The summed E-state index contributed by atoms with van der Waals surface area (Å²) in [5, 5.41) is 2.48. The Kier molecular flexibility index (Phi) is 9.45. The van der Waals surface area contributed by atoms with Gasteiger partial charge >= 0.3 is 7.60 Å². The molecule has 0 radical (unpaired) electrons. The van der Waals surface area contributed by atoms with Gasteiger partial charge in [0.15, 0.2) is 5.82 Å². The largest absolute Gasteiger partial charge is 0.408 e. The molecule has 0 fully saturated rings. The maximum Gasteiger partial charge on any atom is 0.356 e. The van der Waals surface area contributed by atoms with Crippen LogP contribution in [0, 0.1) is 0 Å². The Morgan fingerprint density at radius 2 is 1.60 bits per heavy atom. The predicted molar refractivity (Wildman–Crippen MR) is 151 cm³/mol. The van der Waals surface area contributed by atoms with Gasteiger partial charge in [0.2, 0.25) is 0 Å². The second-order valence-corrected chi connectivity index (χ2v) is 11.3. The zero-order chi connectivity index (χ0) is 29.5. The zero-order valence-electron chi connectivity index (χ0n) is 23.3. The standard InChI is InChI=1S/C28H32N5O8P/c1-3-40-42(36,41-4-2)20-38-22(16-37-15-21-10-6-5-7-11-21)17-39-32-19-29-25-14-31(18-30-26(25)32)33-27(34)23-12-8-9-13-24(23)28(33)35/h5-13,18-19,22H,3-4,14-17,20H2,1-2H3. The minimum Gasteiger partial charge on any atom is -0.408 e. The Morgan fingerprint density at radius 3 is 2.26 bits per heavy atom. The number of nitrogens with zero attached hydrogens (tertiary/aromatic N) is 5. The normalized spacial score (nSPS) is 15.2. The highest BCUT2D eigenvalue weighted by molar-refractivity contribution is 7.53. The van der Waals surface area contributed by atoms with Crippen molar-refractivity contribution in [2.45, 2.75) is 33.1 Å². The smallest absolute Gasteiger partial charge is 0.356 e. The highest BCUT2D eigenvalue weighted by Crippen LogP contribution is 2.48. The van der Waals surface area contributed by atoms with Crippen molar-refractivity contribution in [1.29, 1.82) is 0 Å². The lowest BCUT2D eigenvalue weighted by molar-refractivity contribution is -0.0569. The van der Waals surface area contributed by atoms with Crippen molar-refractivity contribution in [2.75, 3.05) is 32.8 Å². The van der Waals surface area contributed by atoms with E-state index < -0.39 is 25.5 Å². The molecule has 1 atom stereocenters. The Morgan fingerprint density at radius 1 is 0.929 bits per heavy atom. The van der Waals surface area contributed by atoms with Crippen LogP contribution in [0.15, 0.2) is 65.9 Å². The molecule has 0 aliphatic carbocycles. The van der Waals surface area contributed by atoms with E-state index in [1.54, 1.807) is 38.1 Å². The first-order valence-corrected chi connectivity index (χ1v) is 15.2. The van der Waals surface area contributed by atoms with E-state index >= 15 is 0 Å². The summed E-state index contributed by atoms with van der Waals surface area (Å²) in [5.41, 5.74) is 2.18. The first-order chi connectivity index (χ1) is 20.4. The molecule has 2 aliphatic heterocycles. The molecule has 0 bridgehead atoms. The fourth-order valence-electron chi connectivity index (χ4n) is 4.44. The third kappa shape index (κ3) is 6.61. The number of rotatable bonds is 15. The highest BCUT2D eigenvalue weighted by atomic mass is 31.2. The molecule has 13 nitrogen and oxygen atoms in total. The van der Waals surface area contributed by atoms with Gasteiger partial charge in [0.25, 0.3) is 11.8 Å². The fraction of sp³-hybridized carbons (Fsp3) is 0.357. The molecule has 222 valence electrons. The average molecular weight is 598 g/mol. The lowest BCUT2D eigenvalue weighted by Crippen LogP contribution is -2.46. The van der Waals surface area contributed by atoms with Gasteiger partial charge in [-0.2, -0.15) is 9.74 Å². The lowest BCUT2D eigenvalue weighted by Gasteiger charge is -2.29. The SMILES string of the molecule is CCOP(=O)(COC(COCc1ccccc1)COn1cnc2c1N=CN(N1C(=O)c3ccccc3C1=O)C2)OCC. The van der Waals surface area contributed by atoms with E-state index in [2.05, 4.69) is 9.98 Å². The van der Waals surface area contributed by atoms with E-state index in [1.807, 2.05) is 30.3 Å². The second-order valence-electron chi connectivity index (χ2n) is 9.31. The number of benzene rings is 2. The number of amides is 2. The molecule has 5 rings (SSSR count). The molecule has 2 aliphatic rings. The van der Waals surface area contributed by atoms with Crippen LogP contribution >= 0.6 is 7.60 Å². The molecule has 42 heavy (non-hydrogen) atoms. The van der Waals surface area contributed by atoms with Crippen LogP contribution in [0.25, 0.3) is 0 Å². The summed E-state index contributed by atoms with van der Waals surface area (Å²) in [5.74, 6) is -0.442. The number of imide groups is 1. The van der Waals surface area contributed by atoms with Crippen LogP contribution in [-0.2, 0) is 36.2 Å². The molecule has 14 heteroatoms. The third-order valence-electron chi connectivity index (χ3n) is 6.37. The molecule has 3 heterocycles. The molecular formula is C28H32N5O8P. The number of carbonyl (C=O) groups is 2. The van der Waals surface area contributed by atoms with Gasteiger partial charge in [0, 0.05) is 0 Å². The van der Waals surface area contributed by atoms with Crippen molar-refractivity contribution < 1.29 is 37.5 Å².